The Morgan fingerprint density at radius 3 is 2.52 bits per heavy atom. The SMILES string of the molecule is O=C(O)c1ccc([C@H]2Nc3c(Cl)cc(Cl)c(Cl)c3[C@@H]3C=CC[C@H]23)cc1. The van der Waals surface area contributed by atoms with E-state index < -0.39 is 5.97 Å². The van der Waals surface area contributed by atoms with Crippen molar-refractivity contribution in [3.8, 4) is 0 Å². The molecule has 2 aliphatic rings. The average Bonchev–Trinajstić information content (AvgIpc) is 3.08. The van der Waals surface area contributed by atoms with Crippen LogP contribution in [0.5, 0.6) is 0 Å². The largest absolute Gasteiger partial charge is 0.478 e. The van der Waals surface area contributed by atoms with E-state index in [0.29, 0.717) is 15.1 Å². The normalized spacial score (nSPS) is 23.7. The molecule has 1 aliphatic carbocycles. The zero-order valence-corrected chi connectivity index (χ0v) is 15.2. The van der Waals surface area contributed by atoms with E-state index >= 15 is 0 Å². The van der Waals surface area contributed by atoms with Crippen molar-refractivity contribution >= 4 is 46.5 Å². The average molecular weight is 395 g/mol. The molecule has 25 heavy (non-hydrogen) atoms. The number of anilines is 1. The summed E-state index contributed by atoms with van der Waals surface area (Å²) in [6, 6.07) is 8.64. The Bertz CT molecular complexity index is 893. The minimum Gasteiger partial charge on any atom is -0.478 e. The first-order valence-electron chi connectivity index (χ1n) is 7.91. The van der Waals surface area contributed by atoms with E-state index in [1.54, 1.807) is 18.2 Å². The molecule has 0 aromatic heterocycles. The maximum atomic E-state index is 11.1. The molecule has 6 heteroatoms. The summed E-state index contributed by atoms with van der Waals surface area (Å²) in [5.74, 6) is -0.530. The smallest absolute Gasteiger partial charge is 0.335 e. The predicted molar refractivity (Wildman–Crippen MR) is 101 cm³/mol. The summed E-state index contributed by atoms with van der Waals surface area (Å²) >= 11 is 19.1. The standard InChI is InChI=1S/C19H14Cl3NO2/c20-13-8-14(21)18-15(16(13)22)11-2-1-3-12(11)17(23-18)9-4-6-10(7-5-9)19(24)25/h1-2,4-8,11-12,17,23H,3H2,(H,24,25)/t11-,12+,17-/m1/s1. The first-order chi connectivity index (χ1) is 12.0. The van der Waals surface area contributed by atoms with Crippen LogP contribution >= 0.6 is 34.8 Å². The Kier molecular flexibility index (Phi) is 4.19. The molecule has 1 heterocycles. The molecule has 2 N–H and O–H groups in total. The van der Waals surface area contributed by atoms with Crippen molar-refractivity contribution < 1.29 is 9.90 Å². The van der Waals surface area contributed by atoms with Crippen LogP contribution in [0.1, 0.15) is 39.9 Å². The monoisotopic (exact) mass is 393 g/mol. The molecule has 0 bridgehead atoms. The lowest BCUT2D eigenvalue weighted by molar-refractivity contribution is 0.0697. The van der Waals surface area contributed by atoms with Gasteiger partial charge in [-0.15, -0.1) is 0 Å². The molecule has 3 nitrogen and oxygen atoms in total. The molecule has 0 fully saturated rings. The highest BCUT2D eigenvalue weighted by Gasteiger charge is 2.40. The Labute approximate surface area is 160 Å². The van der Waals surface area contributed by atoms with Crippen molar-refractivity contribution in [2.45, 2.75) is 18.4 Å². The van der Waals surface area contributed by atoms with Gasteiger partial charge in [-0.2, -0.15) is 0 Å². The van der Waals surface area contributed by atoms with Gasteiger partial charge in [0.25, 0.3) is 0 Å². The van der Waals surface area contributed by atoms with E-state index in [-0.39, 0.29) is 23.4 Å². The first kappa shape index (κ1) is 16.8. The molecule has 2 aromatic rings. The van der Waals surface area contributed by atoms with E-state index in [1.165, 1.54) is 0 Å². The molecule has 0 amide bonds. The van der Waals surface area contributed by atoms with Crippen LogP contribution in [0, 0.1) is 5.92 Å². The van der Waals surface area contributed by atoms with Crippen LogP contribution in [0.4, 0.5) is 5.69 Å². The number of hydrogen-bond acceptors (Lipinski definition) is 2. The number of nitrogens with one attached hydrogen (secondary N) is 1. The number of fused-ring (bicyclic) bond motifs is 3. The second-order valence-electron chi connectivity index (χ2n) is 6.35. The molecule has 0 radical (unpaired) electrons. The third-order valence-corrected chi connectivity index (χ3v) is 6.10. The minimum atomic E-state index is -0.932. The van der Waals surface area contributed by atoms with Crippen LogP contribution in [0.25, 0.3) is 0 Å². The van der Waals surface area contributed by atoms with Gasteiger partial charge < -0.3 is 10.4 Å². The molecule has 4 rings (SSSR count). The van der Waals surface area contributed by atoms with E-state index in [9.17, 15) is 4.79 Å². The van der Waals surface area contributed by atoms with E-state index in [4.69, 9.17) is 39.9 Å². The van der Waals surface area contributed by atoms with Crippen LogP contribution in [-0.4, -0.2) is 11.1 Å². The fraction of sp³-hybridized carbons (Fsp3) is 0.211. The molecule has 0 saturated carbocycles. The Balaban J connectivity index is 1.80. The maximum Gasteiger partial charge on any atom is 0.335 e. The number of halogens is 3. The highest BCUT2D eigenvalue weighted by atomic mass is 35.5. The van der Waals surface area contributed by atoms with Crippen LogP contribution in [-0.2, 0) is 0 Å². The molecular weight excluding hydrogens is 381 g/mol. The van der Waals surface area contributed by atoms with Crippen molar-refractivity contribution in [1.29, 1.82) is 0 Å². The van der Waals surface area contributed by atoms with Gasteiger partial charge in [-0.1, -0.05) is 59.1 Å². The fourth-order valence-corrected chi connectivity index (χ4v) is 4.63. The lowest BCUT2D eigenvalue weighted by Crippen LogP contribution is -2.29. The number of aromatic carboxylic acids is 1. The molecular formula is C19H14Cl3NO2. The topological polar surface area (TPSA) is 49.3 Å². The molecule has 2 aromatic carbocycles. The lowest BCUT2D eigenvalue weighted by atomic mass is 9.77. The van der Waals surface area contributed by atoms with Crippen molar-refractivity contribution in [1.82, 2.24) is 0 Å². The molecule has 0 unspecified atom stereocenters. The second kappa shape index (κ2) is 6.24. The second-order valence-corrected chi connectivity index (χ2v) is 7.54. The number of carbonyl (C=O) groups is 1. The number of carboxylic acid groups (broad SMARTS) is 1. The first-order valence-corrected chi connectivity index (χ1v) is 9.04. The van der Waals surface area contributed by atoms with Crippen LogP contribution in [0.2, 0.25) is 15.1 Å². The van der Waals surface area contributed by atoms with Gasteiger partial charge in [0.15, 0.2) is 0 Å². The molecule has 1 aliphatic heterocycles. The fourth-order valence-electron chi connectivity index (χ4n) is 3.82. The lowest BCUT2D eigenvalue weighted by Gasteiger charge is -2.38. The van der Waals surface area contributed by atoms with Crippen LogP contribution < -0.4 is 5.32 Å². The highest BCUT2D eigenvalue weighted by Crippen LogP contribution is 2.54. The third-order valence-electron chi connectivity index (χ3n) is 5.00. The molecule has 0 saturated heterocycles. The van der Waals surface area contributed by atoms with Gasteiger partial charge >= 0.3 is 5.97 Å². The number of carboxylic acids is 1. The summed E-state index contributed by atoms with van der Waals surface area (Å²) in [7, 11) is 0. The summed E-state index contributed by atoms with van der Waals surface area (Å²) in [4.78, 5) is 11.1. The van der Waals surface area contributed by atoms with Crippen molar-refractivity contribution in [2.75, 3.05) is 5.32 Å². The predicted octanol–water partition coefficient (Wildman–Crippen LogP) is 6.17. The molecule has 3 atom stereocenters. The summed E-state index contributed by atoms with van der Waals surface area (Å²) < 4.78 is 0. The van der Waals surface area contributed by atoms with Gasteiger partial charge in [-0.3, -0.25) is 0 Å². The Morgan fingerprint density at radius 1 is 1.12 bits per heavy atom. The van der Waals surface area contributed by atoms with Gasteiger partial charge in [0.2, 0.25) is 0 Å². The summed E-state index contributed by atoms with van der Waals surface area (Å²) in [6.45, 7) is 0. The quantitative estimate of drug-likeness (QED) is 0.473. The van der Waals surface area contributed by atoms with Crippen molar-refractivity contribution in [3.63, 3.8) is 0 Å². The Morgan fingerprint density at radius 2 is 1.84 bits per heavy atom. The zero-order valence-electron chi connectivity index (χ0n) is 13.0. The number of rotatable bonds is 2. The number of hydrogen-bond donors (Lipinski definition) is 2. The van der Waals surface area contributed by atoms with E-state index in [2.05, 4.69) is 17.5 Å². The highest BCUT2D eigenvalue weighted by molar-refractivity contribution is 6.44. The molecule has 0 spiro atoms. The van der Waals surface area contributed by atoms with Gasteiger partial charge in [0.1, 0.15) is 0 Å². The third kappa shape index (κ3) is 2.71. The zero-order chi connectivity index (χ0) is 17.7. The van der Waals surface area contributed by atoms with Gasteiger partial charge in [0, 0.05) is 11.5 Å². The summed E-state index contributed by atoms with van der Waals surface area (Å²) in [5, 5.41) is 14.1. The van der Waals surface area contributed by atoms with E-state index in [0.717, 1.165) is 23.2 Å². The molecule has 128 valence electrons. The van der Waals surface area contributed by atoms with Gasteiger partial charge in [-0.05, 0) is 36.1 Å². The van der Waals surface area contributed by atoms with Crippen molar-refractivity contribution in [3.05, 3.63) is 74.2 Å². The minimum absolute atomic E-state index is 0.0186. The van der Waals surface area contributed by atoms with Crippen molar-refractivity contribution in [2.24, 2.45) is 5.92 Å². The Hall–Kier alpha value is -1.68. The van der Waals surface area contributed by atoms with Crippen LogP contribution in [0.15, 0.2) is 42.5 Å². The van der Waals surface area contributed by atoms with Gasteiger partial charge in [-0.25, -0.2) is 4.79 Å². The van der Waals surface area contributed by atoms with E-state index in [1.807, 2.05) is 12.1 Å². The summed E-state index contributed by atoms with van der Waals surface area (Å²) in [6.07, 6.45) is 5.21. The maximum absolute atomic E-state index is 11.1. The van der Waals surface area contributed by atoms with Crippen LogP contribution in [0.3, 0.4) is 0 Å². The number of benzene rings is 2. The number of allylic oxidation sites excluding steroid dienone is 2. The van der Waals surface area contributed by atoms with Gasteiger partial charge in [0.05, 0.1) is 32.4 Å². The summed E-state index contributed by atoms with van der Waals surface area (Å²) in [5.41, 5.74) is 3.04.